The minimum absolute atomic E-state index is 0.0218. The lowest BCUT2D eigenvalue weighted by atomic mass is 10.2. The molecule has 1 aromatic carbocycles. The topological polar surface area (TPSA) is 62.1 Å². The highest BCUT2D eigenvalue weighted by Crippen LogP contribution is 2.29. The van der Waals surface area contributed by atoms with E-state index < -0.39 is 0 Å². The Balaban J connectivity index is 1.71. The summed E-state index contributed by atoms with van der Waals surface area (Å²) in [5, 5.41) is 12.4. The number of hydrogen-bond acceptors (Lipinski definition) is 4. The van der Waals surface area contributed by atoms with E-state index in [4.69, 9.17) is 10.00 Å². The second-order valence-electron chi connectivity index (χ2n) is 5.08. The SMILES string of the molecule is CCSC1CCC(NC(=O)COc2ccc(C#N)cc2)C1. The van der Waals surface area contributed by atoms with Crippen LogP contribution in [0.2, 0.25) is 0 Å². The number of amides is 1. The first kappa shape index (κ1) is 15.7. The van der Waals surface area contributed by atoms with Gasteiger partial charge in [0.05, 0.1) is 11.6 Å². The molecule has 2 unspecified atom stereocenters. The lowest BCUT2D eigenvalue weighted by molar-refractivity contribution is -0.123. The van der Waals surface area contributed by atoms with Crippen LogP contribution in [-0.2, 0) is 4.79 Å². The fraction of sp³-hybridized carbons (Fsp3) is 0.500. The van der Waals surface area contributed by atoms with Gasteiger partial charge in [0.1, 0.15) is 5.75 Å². The summed E-state index contributed by atoms with van der Waals surface area (Å²) in [4.78, 5) is 11.9. The Kier molecular flexibility index (Phi) is 5.94. The molecular weight excluding hydrogens is 284 g/mol. The molecule has 1 aliphatic rings. The maximum atomic E-state index is 11.9. The van der Waals surface area contributed by atoms with E-state index in [1.807, 2.05) is 17.8 Å². The number of carbonyl (C=O) groups excluding carboxylic acids is 1. The van der Waals surface area contributed by atoms with Crippen LogP contribution in [0, 0.1) is 11.3 Å². The first-order valence-corrected chi connectivity index (χ1v) is 8.30. The molecule has 1 saturated carbocycles. The molecule has 0 saturated heterocycles. The summed E-state index contributed by atoms with van der Waals surface area (Å²) in [6.07, 6.45) is 3.29. The molecule has 1 aromatic rings. The zero-order valence-corrected chi connectivity index (χ0v) is 13.0. The summed E-state index contributed by atoms with van der Waals surface area (Å²) in [5.41, 5.74) is 0.581. The van der Waals surface area contributed by atoms with Crippen LogP contribution >= 0.6 is 11.8 Å². The molecule has 2 atom stereocenters. The van der Waals surface area contributed by atoms with Crippen molar-refractivity contribution in [1.29, 1.82) is 5.26 Å². The van der Waals surface area contributed by atoms with E-state index in [0.717, 1.165) is 18.6 Å². The fourth-order valence-corrected chi connectivity index (χ4v) is 3.64. The molecule has 112 valence electrons. The number of rotatable bonds is 6. The molecule has 0 bridgehead atoms. The van der Waals surface area contributed by atoms with Gasteiger partial charge in [0.2, 0.25) is 0 Å². The van der Waals surface area contributed by atoms with Crippen molar-refractivity contribution < 1.29 is 9.53 Å². The molecule has 0 heterocycles. The predicted octanol–water partition coefficient (Wildman–Crippen LogP) is 2.73. The predicted molar refractivity (Wildman–Crippen MR) is 84.4 cm³/mol. The molecule has 4 nitrogen and oxygen atoms in total. The smallest absolute Gasteiger partial charge is 0.258 e. The monoisotopic (exact) mass is 304 g/mol. The maximum Gasteiger partial charge on any atom is 0.258 e. The van der Waals surface area contributed by atoms with Gasteiger partial charge in [-0.25, -0.2) is 0 Å². The normalized spacial score (nSPS) is 20.8. The lowest BCUT2D eigenvalue weighted by Gasteiger charge is -2.13. The minimum Gasteiger partial charge on any atom is -0.484 e. The van der Waals surface area contributed by atoms with Gasteiger partial charge in [-0.2, -0.15) is 17.0 Å². The first-order chi connectivity index (χ1) is 10.2. The zero-order valence-electron chi connectivity index (χ0n) is 12.2. The summed E-state index contributed by atoms with van der Waals surface area (Å²) < 4.78 is 5.43. The number of benzene rings is 1. The summed E-state index contributed by atoms with van der Waals surface area (Å²) in [6.45, 7) is 2.19. The van der Waals surface area contributed by atoms with E-state index in [-0.39, 0.29) is 18.6 Å². The quantitative estimate of drug-likeness (QED) is 0.878. The van der Waals surface area contributed by atoms with Crippen molar-refractivity contribution in [2.24, 2.45) is 0 Å². The van der Waals surface area contributed by atoms with E-state index in [9.17, 15) is 4.79 Å². The van der Waals surface area contributed by atoms with Crippen LogP contribution in [-0.4, -0.2) is 29.6 Å². The molecule has 1 N–H and O–H groups in total. The van der Waals surface area contributed by atoms with E-state index in [0.29, 0.717) is 16.6 Å². The van der Waals surface area contributed by atoms with Gasteiger partial charge in [0.15, 0.2) is 6.61 Å². The Morgan fingerprint density at radius 2 is 2.19 bits per heavy atom. The lowest BCUT2D eigenvalue weighted by Crippen LogP contribution is -2.36. The van der Waals surface area contributed by atoms with Crippen LogP contribution in [0.15, 0.2) is 24.3 Å². The van der Waals surface area contributed by atoms with Gasteiger partial charge in [0.25, 0.3) is 5.91 Å². The van der Waals surface area contributed by atoms with Gasteiger partial charge in [-0.3, -0.25) is 4.79 Å². The number of nitriles is 1. The van der Waals surface area contributed by atoms with Crippen LogP contribution in [0.4, 0.5) is 0 Å². The van der Waals surface area contributed by atoms with E-state index in [1.54, 1.807) is 24.3 Å². The molecule has 1 fully saturated rings. The zero-order chi connectivity index (χ0) is 15.1. The van der Waals surface area contributed by atoms with E-state index >= 15 is 0 Å². The van der Waals surface area contributed by atoms with Crippen LogP contribution in [0.5, 0.6) is 5.75 Å². The molecular formula is C16H20N2O2S. The van der Waals surface area contributed by atoms with Gasteiger partial charge in [-0.05, 0) is 49.3 Å². The molecule has 2 rings (SSSR count). The average molecular weight is 304 g/mol. The van der Waals surface area contributed by atoms with E-state index in [2.05, 4.69) is 12.2 Å². The Hall–Kier alpha value is -1.67. The Bertz CT molecular complexity index is 510. The Morgan fingerprint density at radius 1 is 1.43 bits per heavy atom. The van der Waals surface area contributed by atoms with Gasteiger partial charge >= 0.3 is 0 Å². The maximum absolute atomic E-state index is 11.9. The highest BCUT2D eigenvalue weighted by molar-refractivity contribution is 7.99. The van der Waals surface area contributed by atoms with Crippen molar-refractivity contribution in [3.63, 3.8) is 0 Å². The van der Waals surface area contributed by atoms with Crippen LogP contribution in [0.1, 0.15) is 31.7 Å². The van der Waals surface area contributed by atoms with Gasteiger partial charge < -0.3 is 10.1 Å². The van der Waals surface area contributed by atoms with Crippen molar-refractivity contribution >= 4 is 17.7 Å². The van der Waals surface area contributed by atoms with Crippen molar-refractivity contribution in [3.8, 4) is 11.8 Å². The highest BCUT2D eigenvalue weighted by atomic mass is 32.2. The minimum atomic E-state index is -0.0773. The van der Waals surface area contributed by atoms with Gasteiger partial charge in [-0.1, -0.05) is 6.92 Å². The molecule has 0 aliphatic heterocycles. The number of ether oxygens (including phenoxy) is 1. The molecule has 1 aliphatic carbocycles. The van der Waals surface area contributed by atoms with Gasteiger partial charge in [0, 0.05) is 11.3 Å². The molecule has 5 heteroatoms. The van der Waals surface area contributed by atoms with Crippen molar-refractivity contribution in [3.05, 3.63) is 29.8 Å². The van der Waals surface area contributed by atoms with Crippen LogP contribution in [0.3, 0.4) is 0 Å². The molecule has 0 aromatic heterocycles. The van der Waals surface area contributed by atoms with Crippen LogP contribution < -0.4 is 10.1 Å². The summed E-state index contributed by atoms with van der Waals surface area (Å²) in [6, 6.07) is 9.09. The fourth-order valence-electron chi connectivity index (χ4n) is 2.50. The first-order valence-electron chi connectivity index (χ1n) is 7.25. The second kappa shape index (κ2) is 7.94. The van der Waals surface area contributed by atoms with Gasteiger partial charge in [-0.15, -0.1) is 0 Å². The van der Waals surface area contributed by atoms with Crippen LogP contribution in [0.25, 0.3) is 0 Å². The average Bonchev–Trinajstić information content (AvgIpc) is 2.93. The summed E-state index contributed by atoms with van der Waals surface area (Å²) in [7, 11) is 0. The standard InChI is InChI=1S/C16H20N2O2S/c1-2-21-15-8-5-13(9-15)18-16(19)11-20-14-6-3-12(10-17)4-7-14/h3-4,6-7,13,15H,2,5,8-9,11H2,1H3,(H,18,19). The van der Waals surface area contributed by atoms with Crippen molar-refractivity contribution in [2.75, 3.05) is 12.4 Å². The summed E-state index contributed by atoms with van der Waals surface area (Å²) in [5.74, 6) is 1.66. The Labute approximate surface area is 129 Å². The number of carbonyl (C=O) groups is 1. The number of nitrogens with zero attached hydrogens (tertiary/aromatic N) is 1. The second-order valence-corrected chi connectivity index (χ2v) is 6.66. The number of thioether (sulfide) groups is 1. The largest absolute Gasteiger partial charge is 0.484 e. The van der Waals surface area contributed by atoms with E-state index in [1.165, 1.54) is 6.42 Å². The number of hydrogen-bond donors (Lipinski definition) is 1. The van der Waals surface area contributed by atoms with Crippen molar-refractivity contribution in [1.82, 2.24) is 5.32 Å². The third-order valence-corrected chi connectivity index (χ3v) is 4.74. The Morgan fingerprint density at radius 3 is 2.86 bits per heavy atom. The highest BCUT2D eigenvalue weighted by Gasteiger charge is 2.25. The third kappa shape index (κ3) is 4.98. The third-order valence-electron chi connectivity index (χ3n) is 3.51. The van der Waals surface area contributed by atoms with Crippen molar-refractivity contribution in [2.45, 2.75) is 37.5 Å². The molecule has 21 heavy (non-hydrogen) atoms. The summed E-state index contributed by atoms with van der Waals surface area (Å²) >= 11 is 1.97. The number of nitrogens with one attached hydrogen (secondary N) is 1. The molecule has 1 amide bonds. The molecule has 0 spiro atoms. The molecule has 0 radical (unpaired) electrons.